The predicted octanol–water partition coefficient (Wildman–Crippen LogP) is 2.72. The number of carboxylic acid groups (broad SMARTS) is 1. The monoisotopic (exact) mass is 279 g/mol. The van der Waals surface area contributed by atoms with Crippen molar-refractivity contribution >= 4 is 29.6 Å². The maximum absolute atomic E-state index is 11.9. The highest BCUT2D eigenvalue weighted by molar-refractivity contribution is 6.32. The summed E-state index contributed by atoms with van der Waals surface area (Å²) in [4.78, 5) is 22.3. The van der Waals surface area contributed by atoms with E-state index in [0.717, 1.165) is 25.3 Å². The average Bonchev–Trinajstić information content (AvgIpc) is 2.31. The molecule has 1 aromatic rings. The normalized spacial score (nSPS) is 15.2. The summed E-state index contributed by atoms with van der Waals surface area (Å²) in [7, 11) is 0. The molecular formula is C14H14ClNO3. The molecule has 0 saturated heterocycles. The van der Waals surface area contributed by atoms with Crippen molar-refractivity contribution in [1.29, 1.82) is 0 Å². The number of hydrogen-bond acceptors (Lipinski definition) is 2. The first-order valence-electron chi connectivity index (χ1n) is 6.07. The van der Waals surface area contributed by atoms with E-state index in [9.17, 15) is 9.59 Å². The Bertz CT molecular complexity index is 535. The third-order valence-corrected chi connectivity index (χ3v) is 3.44. The Kier molecular flexibility index (Phi) is 4.22. The van der Waals surface area contributed by atoms with Gasteiger partial charge in [0.05, 0.1) is 0 Å². The number of carbonyl (C=O) groups excluding carboxylic acids is 1. The summed E-state index contributed by atoms with van der Waals surface area (Å²) in [5, 5.41) is 11.8. The van der Waals surface area contributed by atoms with Gasteiger partial charge in [0.1, 0.15) is 0 Å². The molecule has 2 rings (SSSR count). The third-order valence-electron chi connectivity index (χ3n) is 3.11. The van der Waals surface area contributed by atoms with Crippen molar-refractivity contribution in [3.8, 4) is 0 Å². The van der Waals surface area contributed by atoms with E-state index >= 15 is 0 Å². The van der Waals surface area contributed by atoms with Crippen LogP contribution in [0.5, 0.6) is 0 Å². The molecule has 0 bridgehead atoms. The lowest BCUT2D eigenvalue weighted by molar-refractivity contribution is -0.131. The van der Waals surface area contributed by atoms with Crippen molar-refractivity contribution in [2.24, 2.45) is 0 Å². The minimum Gasteiger partial charge on any atom is -0.478 e. The number of carbonyl (C=O) groups is 2. The summed E-state index contributed by atoms with van der Waals surface area (Å²) in [5.74, 6) is -1.18. The Hall–Kier alpha value is -1.81. The molecule has 1 fully saturated rings. The average molecular weight is 280 g/mol. The second-order valence-corrected chi connectivity index (χ2v) is 4.92. The van der Waals surface area contributed by atoms with Gasteiger partial charge in [-0.15, -0.1) is 0 Å². The molecule has 0 atom stereocenters. The summed E-state index contributed by atoms with van der Waals surface area (Å²) < 4.78 is 0. The molecule has 2 N–H and O–H groups in total. The van der Waals surface area contributed by atoms with Crippen LogP contribution < -0.4 is 5.32 Å². The lowest BCUT2D eigenvalue weighted by Crippen LogP contribution is -2.39. The molecule has 0 radical (unpaired) electrons. The van der Waals surface area contributed by atoms with E-state index in [1.165, 1.54) is 6.08 Å². The maximum atomic E-state index is 11.9. The molecule has 100 valence electrons. The van der Waals surface area contributed by atoms with Crippen molar-refractivity contribution in [2.75, 3.05) is 0 Å². The van der Waals surface area contributed by atoms with Gasteiger partial charge in [-0.3, -0.25) is 4.79 Å². The number of benzene rings is 1. The Balaban J connectivity index is 2.09. The standard InChI is InChI=1S/C14H14ClNO3/c15-12-8-10(14(19)16-11-2-1-3-11)5-4-9(12)6-7-13(17)18/h4-8,11H,1-3H2,(H,16,19)(H,17,18)/b7-6+. The van der Waals surface area contributed by atoms with Crippen LogP contribution in [-0.4, -0.2) is 23.0 Å². The summed E-state index contributed by atoms with van der Waals surface area (Å²) in [6.45, 7) is 0. The molecule has 0 aromatic heterocycles. The summed E-state index contributed by atoms with van der Waals surface area (Å²) in [6, 6.07) is 5.11. The number of rotatable bonds is 4. The van der Waals surface area contributed by atoms with Crippen LogP contribution in [0.15, 0.2) is 24.3 Å². The van der Waals surface area contributed by atoms with Crippen LogP contribution in [0.3, 0.4) is 0 Å². The van der Waals surface area contributed by atoms with Crippen LogP contribution in [0.2, 0.25) is 5.02 Å². The number of carboxylic acids is 1. The van der Waals surface area contributed by atoms with Gasteiger partial charge in [0.15, 0.2) is 0 Å². The lowest BCUT2D eigenvalue weighted by Gasteiger charge is -2.26. The number of halogens is 1. The topological polar surface area (TPSA) is 66.4 Å². The second kappa shape index (κ2) is 5.89. The Labute approximate surface area is 116 Å². The van der Waals surface area contributed by atoms with E-state index in [1.54, 1.807) is 18.2 Å². The van der Waals surface area contributed by atoms with Crippen LogP contribution in [-0.2, 0) is 4.79 Å². The van der Waals surface area contributed by atoms with Crippen LogP contribution in [0.25, 0.3) is 6.08 Å². The van der Waals surface area contributed by atoms with Gasteiger partial charge < -0.3 is 10.4 Å². The van der Waals surface area contributed by atoms with Gasteiger partial charge >= 0.3 is 5.97 Å². The van der Waals surface area contributed by atoms with Gasteiger partial charge in [0, 0.05) is 22.7 Å². The number of aliphatic carboxylic acids is 1. The molecule has 1 aliphatic rings. The van der Waals surface area contributed by atoms with E-state index in [1.807, 2.05) is 0 Å². The molecule has 0 aliphatic heterocycles. The van der Waals surface area contributed by atoms with Gasteiger partial charge in [0.2, 0.25) is 0 Å². The summed E-state index contributed by atoms with van der Waals surface area (Å²) in [5.41, 5.74) is 1.06. The zero-order chi connectivity index (χ0) is 13.8. The molecule has 4 nitrogen and oxygen atoms in total. The first-order valence-corrected chi connectivity index (χ1v) is 6.45. The first kappa shape index (κ1) is 13.6. The van der Waals surface area contributed by atoms with Crippen LogP contribution >= 0.6 is 11.6 Å². The predicted molar refractivity (Wildman–Crippen MR) is 73.2 cm³/mol. The highest BCUT2D eigenvalue weighted by atomic mass is 35.5. The van der Waals surface area contributed by atoms with Gasteiger partial charge in [0.25, 0.3) is 5.91 Å². The van der Waals surface area contributed by atoms with Crippen molar-refractivity contribution < 1.29 is 14.7 Å². The van der Waals surface area contributed by atoms with Crippen molar-refractivity contribution in [3.05, 3.63) is 40.4 Å². The number of nitrogens with one attached hydrogen (secondary N) is 1. The van der Waals surface area contributed by atoms with Gasteiger partial charge in [-0.25, -0.2) is 4.79 Å². The second-order valence-electron chi connectivity index (χ2n) is 4.51. The molecule has 1 amide bonds. The Morgan fingerprint density at radius 3 is 2.63 bits per heavy atom. The summed E-state index contributed by atoms with van der Waals surface area (Å²) >= 11 is 6.02. The molecule has 1 aromatic carbocycles. The zero-order valence-corrected chi connectivity index (χ0v) is 11.0. The Morgan fingerprint density at radius 1 is 1.37 bits per heavy atom. The number of hydrogen-bond donors (Lipinski definition) is 2. The van der Waals surface area contributed by atoms with E-state index in [-0.39, 0.29) is 11.9 Å². The molecule has 5 heteroatoms. The first-order chi connectivity index (χ1) is 9.06. The highest BCUT2D eigenvalue weighted by Gasteiger charge is 2.20. The smallest absolute Gasteiger partial charge is 0.328 e. The maximum Gasteiger partial charge on any atom is 0.328 e. The highest BCUT2D eigenvalue weighted by Crippen LogP contribution is 2.21. The van der Waals surface area contributed by atoms with E-state index in [2.05, 4.69) is 5.32 Å². The summed E-state index contributed by atoms with van der Waals surface area (Å²) in [6.07, 6.45) is 5.62. The van der Waals surface area contributed by atoms with Crippen LogP contribution in [0, 0.1) is 0 Å². The fourth-order valence-electron chi connectivity index (χ4n) is 1.79. The zero-order valence-electron chi connectivity index (χ0n) is 10.2. The van der Waals surface area contributed by atoms with Crippen LogP contribution in [0.4, 0.5) is 0 Å². The van der Waals surface area contributed by atoms with Gasteiger partial charge in [-0.2, -0.15) is 0 Å². The minimum atomic E-state index is -1.04. The molecule has 0 heterocycles. The molecular weight excluding hydrogens is 266 g/mol. The molecule has 0 unspecified atom stereocenters. The van der Waals surface area contributed by atoms with Crippen molar-refractivity contribution in [3.63, 3.8) is 0 Å². The largest absolute Gasteiger partial charge is 0.478 e. The van der Waals surface area contributed by atoms with E-state index in [0.29, 0.717) is 16.1 Å². The molecule has 1 saturated carbocycles. The SMILES string of the molecule is O=C(O)/C=C/c1ccc(C(=O)NC2CCC2)cc1Cl. The lowest BCUT2D eigenvalue weighted by atomic mass is 9.93. The van der Waals surface area contributed by atoms with Crippen molar-refractivity contribution in [2.45, 2.75) is 25.3 Å². The third kappa shape index (κ3) is 3.58. The number of amides is 1. The van der Waals surface area contributed by atoms with Crippen molar-refractivity contribution in [1.82, 2.24) is 5.32 Å². The fourth-order valence-corrected chi connectivity index (χ4v) is 2.03. The van der Waals surface area contributed by atoms with Gasteiger partial charge in [-0.05, 0) is 43.0 Å². The molecule has 19 heavy (non-hydrogen) atoms. The fraction of sp³-hybridized carbons (Fsp3) is 0.286. The molecule has 0 spiro atoms. The molecule has 1 aliphatic carbocycles. The quantitative estimate of drug-likeness (QED) is 0.833. The Morgan fingerprint density at radius 2 is 2.11 bits per heavy atom. The van der Waals surface area contributed by atoms with E-state index in [4.69, 9.17) is 16.7 Å². The van der Waals surface area contributed by atoms with Crippen LogP contribution in [0.1, 0.15) is 35.2 Å². The van der Waals surface area contributed by atoms with E-state index < -0.39 is 5.97 Å². The van der Waals surface area contributed by atoms with Gasteiger partial charge in [-0.1, -0.05) is 17.7 Å². The minimum absolute atomic E-state index is 0.139.